The second kappa shape index (κ2) is 8.99. The van der Waals surface area contributed by atoms with Crippen molar-refractivity contribution in [3.05, 3.63) is 108 Å². The Labute approximate surface area is 195 Å². The largest absolute Gasteiger partial charge is 0.440 e. The van der Waals surface area contributed by atoms with Crippen molar-refractivity contribution in [2.75, 3.05) is 18.1 Å². The van der Waals surface area contributed by atoms with Gasteiger partial charge in [-0.1, -0.05) is 66.2 Å². The molecule has 2 heterocycles. The number of aromatic nitrogens is 1. The van der Waals surface area contributed by atoms with Gasteiger partial charge in [-0.05, 0) is 44.0 Å². The topological polar surface area (TPSA) is 32.5 Å². The average Bonchev–Trinajstić information content (AvgIpc) is 3.46. The molecule has 4 heteroatoms. The van der Waals surface area contributed by atoms with Crippen LogP contribution in [0.3, 0.4) is 0 Å². The Morgan fingerprint density at radius 3 is 2.21 bits per heavy atom. The fourth-order valence-electron chi connectivity index (χ4n) is 4.61. The van der Waals surface area contributed by atoms with Gasteiger partial charge in [0, 0.05) is 42.2 Å². The van der Waals surface area contributed by atoms with E-state index < -0.39 is 0 Å². The zero-order valence-corrected chi connectivity index (χ0v) is 19.5. The smallest absolute Gasteiger partial charge is 0.197 e. The van der Waals surface area contributed by atoms with Crippen molar-refractivity contribution in [3.63, 3.8) is 0 Å². The Hall–Kier alpha value is -3.79. The lowest BCUT2D eigenvalue weighted by Gasteiger charge is -2.20. The van der Waals surface area contributed by atoms with Crippen LogP contribution in [-0.4, -0.2) is 23.1 Å². The minimum Gasteiger partial charge on any atom is -0.440 e. The van der Waals surface area contributed by atoms with E-state index in [1.807, 2.05) is 12.1 Å². The summed E-state index contributed by atoms with van der Waals surface area (Å²) >= 11 is 0. The van der Waals surface area contributed by atoms with Crippen LogP contribution in [0.15, 0.2) is 89.6 Å². The van der Waals surface area contributed by atoms with Gasteiger partial charge in [0.1, 0.15) is 5.69 Å². The van der Waals surface area contributed by atoms with Gasteiger partial charge in [-0.25, -0.2) is 4.98 Å². The van der Waals surface area contributed by atoms with Gasteiger partial charge >= 0.3 is 0 Å². The fourth-order valence-corrected chi connectivity index (χ4v) is 4.61. The number of para-hydroxylation sites is 1. The van der Waals surface area contributed by atoms with E-state index in [9.17, 15) is 0 Å². The van der Waals surface area contributed by atoms with Crippen molar-refractivity contribution in [2.24, 2.45) is 0 Å². The molecule has 0 saturated heterocycles. The van der Waals surface area contributed by atoms with Crippen molar-refractivity contribution in [2.45, 2.75) is 27.2 Å². The maximum atomic E-state index is 6.45. The van der Waals surface area contributed by atoms with Gasteiger partial charge in [-0.3, -0.25) is 0 Å². The zero-order chi connectivity index (χ0) is 22.8. The molecule has 0 N–H and O–H groups in total. The Kier molecular flexibility index (Phi) is 5.74. The summed E-state index contributed by atoms with van der Waals surface area (Å²) < 4.78 is 6.45. The number of hydrogen-bond donors (Lipinski definition) is 0. The predicted octanol–water partition coefficient (Wildman–Crippen LogP) is 6.73. The summed E-state index contributed by atoms with van der Waals surface area (Å²) in [5.41, 5.74) is 8.04. The minimum atomic E-state index is 0.747. The van der Waals surface area contributed by atoms with Crippen LogP contribution in [0.1, 0.15) is 22.6 Å². The first kappa shape index (κ1) is 21.1. The normalized spacial score (nSPS) is 13.2. The minimum absolute atomic E-state index is 0.747. The first-order valence-electron chi connectivity index (χ1n) is 11.5. The molecule has 0 atom stereocenters. The van der Waals surface area contributed by atoms with Crippen LogP contribution in [0.25, 0.3) is 22.6 Å². The summed E-state index contributed by atoms with van der Waals surface area (Å²) in [6.07, 6.45) is 5.02. The van der Waals surface area contributed by atoms with Gasteiger partial charge in [-0.15, -0.1) is 0 Å². The van der Waals surface area contributed by atoms with Crippen molar-refractivity contribution in [1.29, 1.82) is 0 Å². The summed E-state index contributed by atoms with van der Waals surface area (Å²) in [5, 5.41) is 0. The second-order valence-electron chi connectivity index (χ2n) is 8.73. The standard InChI is InChI=1S/C29H29N3O/c1-21-18-22(2)27(23(3)19-21)29-28(24-10-6-4-7-11-24)30-26(33-29)14-15-31-16-17-32(20-31)25-12-8-5-9-13-25/h4-13,16-19H,14-15,20H2,1-3H3. The number of oxazole rings is 1. The molecule has 0 radical (unpaired) electrons. The van der Waals surface area contributed by atoms with Gasteiger partial charge < -0.3 is 14.2 Å². The predicted molar refractivity (Wildman–Crippen MR) is 135 cm³/mol. The molecule has 166 valence electrons. The van der Waals surface area contributed by atoms with Crippen molar-refractivity contribution in [3.8, 4) is 22.6 Å². The Morgan fingerprint density at radius 2 is 1.52 bits per heavy atom. The van der Waals surface area contributed by atoms with Gasteiger partial charge in [0.2, 0.25) is 0 Å². The maximum absolute atomic E-state index is 6.45. The summed E-state index contributed by atoms with van der Waals surface area (Å²) in [5.74, 6) is 1.64. The van der Waals surface area contributed by atoms with Crippen LogP contribution in [0.5, 0.6) is 0 Å². The molecule has 0 spiro atoms. The maximum Gasteiger partial charge on any atom is 0.197 e. The molecule has 0 amide bonds. The molecule has 1 aliphatic rings. The van der Waals surface area contributed by atoms with Gasteiger partial charge in [0.25, 0.3) is 0 Å². The highest BCUT2D eigenvalue weighted by molar-refractivity contribution is 5.80. The van der Waals surface area contributed by atoms with Crippen LogP contribution < -0.4 is 4.90 Å². The molecule has 0 aliphatic carbocycles. The lowest BCUT2D eigenvalue weighted by atomic mass is 9.95. The van der Waals surface area contributed by atoms with Crippen molar-refractivity contribution in [1.82, 2.24) is 9.88 Å². The van der Waals surface area contributed by atoms with E-state index in [1.54, 1.807) is 0 Å². The van der Waals surface area contributed by atoms with Crippen LogP contribution in [0, 0.1) is 20.8 Å². The zero-order valence-electron chi connectivity index (χ0n) is 19.5. The van der Waals surface area contributed by atoms with Crippen LogP contribution in [-0.2, 0) is 6.42 Å². The first-order valence-corrected chi connectivity index (χ1v) is 11.5. The molecule has 0 bridgehead atoms. The Balaban J connectivity index is 1.40. The molecule has 3 aromatic carbocycles. The third kappa shape index (κ3) is 4.42. The van der Waals surface area contributed by atoms with E-state index in [0.29, 0.717) is 0 Å². The number of anilines is 1. The first-order chi connectivity index (χ1) is 16.1. The molecule has 0 fully saturated rings. The molecule has 33 heavy (non-hydrogen) atoms. The molecule has 0 saturated carbocycles. The van der Waals surface area contributed by atoms with E-state index in [0.717, 1.165) is 48.1 Å². The quantitative estimate of drug-likeness (QED) is 0.336. The number of hydrogen-bond acceptors (Lipinski definition) is 4. The Bertz CT molecular complexity index is 1250. The van der Waals surface area contributed by atoms with Crippen molar-refractivity contribution >= 4 is 5.69 Å². The summed E-state index contributed by atoms with van der Waals surface area (Å²) in [6.45, 7) is 8.12. The second-order valence-corrected chi connectivity index (χ2v) is 8.73. The summed E-state index contributed by atoms with van der Waals surface area (Å²) in [7, 11) is 0. The number of benzene rings is 3. The summed E-state index contributed by atoms with van der Waals surface area (Å²) in [4.78, 5) is 9.51. The highest BCUT2D eigenvalue weighted by Gasteiger charge is 2.21. The third-order valence-electron chi connectivity index (χ3n) is 6.11. The number of rotatable bonds is 6. The molecule has 4 aromatic rings. The molecule has 5 rings (SSSR count). The van der Waals surface area contributed by atoms with Crippen LogP contribution >= 0.6 is 0 Å². The number of nitrogens with zero attached hydrogens (tertiary/aromatic N) is 3. The van der Waals surface area contributed by atoms with Gasteiger partial charge in [0.05, 0.1) is 6.67 Å². The van der Waals surface area contributed by atoms with E-state index in [2.05, 4.69) is 104 Å². The third-order valence-corrected chi connectivity index (χ3v) is 6.11. The Morgan fingerprint density at radius 1 is 0.848 bits per heavy atom. The van der Waals surface area contributed by atoms with Crippen molar-refractivity contribution < 1.29 is 4.42 Å². The molecule has 4 nitrogen and oxygen atoms in total. The van der Waals surface area contributed by atoms with E-state index in [4.69, 9.17) is 9.40 Å². The highest BCUT2D eigenvalue weighted by Crippen LogP contribution is 2.37. The molecule has 1 aliphatic heterocycles. The highest BCUT2D eigenvalue weighted by atomic mass is 16.4. The van der Waals surface area contributed by atoms with E-state index >= 15 is 0 Å². The molecule has 0 unspecified atom stereocenters. The van der Waals surface area contributed by atoms with E-state index in [1.165, 1.54) is 22.4 Å². The van der Waals surface area contributed by atoms with E-state index in [-0.39, 0.29) is 0 Å². The average molecular weight is 436 g/mol. The van der Waals surface area contributed by atoms with Crippen LogP contribution in [0.4, 0.5) is 5.69 Å². The monoisotopic (exact) mass is 435 g/mol. The number of aryl methyl sites for hydroxylation is 3. The fraction of sp³-hybridized carbons (Fsp3) is 0.207. The lowest BCUT2D eigenvalue weighted by molar-refractivity contribution is 0.385. The summed E-state index contributed by atoms with van der Waals surface area (Å²) in [6, 6.07) is 25.2. The SMILES string of the molecule is Cc1cc(C)c(-c2oc(CCN3C=CN(c4ccccc4)C3)nc2-c2ccccc2)c(C)c1. The molecule has 1 aromatic heterocycles. The molecular weight excluding hydrogens is 406 g/mol. The van der Waals surface area contributed by atoms with Gasteiger partial charge in [0.15, 0.2) is 11.7 Å². The lowest BCUT2D eigenvalue weighted by Crippen LogP contribution is -2.26. The van der Waals surface area contributed by atoms with Crippen LogP contribution in [0.2, 0.25) is 0 Å². The van der Waals surface area contributed by atoms with Gasteiger partial charge in [-0.2, -0.15) is 0 Å². The molecular formula is C29H29N3O.